The van der Waals surface area contributed by atoms with Crippen LogP contribution in [0.5, 0.6) is 0 Å². The van der Waals surface area contributed by atoms with Crippen LogP contribution in [0, 0.1) is 5.41 Å². The van der Waals surface area contributed by atoms with E-state index >= 15 is 0 Å². The average molecular weight is 638 g/mol. The number of carbonyl (C=O) groups excluding carboxylic acids is 2. The molecule has 0 spiro atoms. The third-order valence-electron chi connectivity index (χ3n) is 11.7. The van der Waals surface area contributed by atoms with Gasteiger partial charge in [0.05, 0.1) is 13.2 Å². The van der Waals surface area contributed by atoms with Gasteiger partial charge in [-0.3, -0.25) is 14.6 Å². The molecule has 0 N–H and O–H groups in total. The minimum atomic E-state index is -0.365. The van der Waals surface area contributed by atoms with E-state index in [-0.39, 0.29) is 30.4 Å². The Kier molecular flexibility index (Phi) is 14.2. The highest BCUT2D eigenvalue weighted by Crippen LogP contribution is 2.33. The van der Waals surface area contributed by atoms with Crippen LogP contribution >= 0.6 is 0 Å². The van der Waals surface area contributed by atoms with Gasteiger partial charge in [-0.05, 0) is 76.3 Å². The number of aromatic nitrogens is 1. The lowest BCUT2D eigenvalue weighted by Crippen LogP contribution is -2.50. The maximum absolute atomic E-state index is 13.9. The molecule has 7 heteroatoms. The Labute approximate surface area is 279 Å². The van der Waals surface area contributed by atoms with Crippen LogP contribution in [0.3, 0.4) is 0 Å². The van der Waals surface area contributed by atoms with Crippen molar-refractivity contribution in [2.45, 2.75) is 172 Å². The van der Waals surface area contributed by atoms with E-state index in [1.807, 2.05) is 18.3 Å². The molecule has 5 rings (SSSR count). The zero-order chi connectivity index (χ0) is 32.0. The molecule has 46 heavy (non-hydrogen) atoms. The molecule has 4 aliphatic rings. The van der Waals surface area contributed by atoms with Gasteiger partial charge in [0.2, 0.25) is 11.8 Å². The predicted octanol–water partition coefficient (Wildman–Crippen LogP) is 8.04. The second-order valence-corrected chi connectivity index (χ2v) is 15.1. The monoisotopic (exact) mass is 637 g/mol. The molecule has 0 bridgehead atoms. The van der Waals surface area contributed by atoms with Crippen LogP contribution in [0.4, 0.5) is 0 Å². The zero-order valence-electron chi connectivity index (χ0n) is 29.0. The molecular weight excluding hydrogens is 574 g/mol. The minimum absolute atomic E-state index is 0.118. The van der Waals surface area contributed by atoms with Crippen molar-refractivity contribution in [2.75, 3.05) is 26.4 Å². The number of rotatable bonds is 15. The summed E-state index contributed by atoms with van der Waals surface area (Å²) in [6, 6.07) is 7.48. The quantitative estimate of drug-likeness (QED) is 0.195. The number of nitrogens with zero attached hydrogens (tertiary/aromatic N) is 3. The first-order chi connectivity index (χ1) is 22.6. The number of carbonyl (C=O) groups is 2. The summed E-state index contributed by atoms with van der Waals surface area (Å²) in [6.07, 6.45) is 27.3. The van der Waals surface area contributed by atoms with Gasteiger partial charge in [-0.1, -0.05) is 90.0 Å². The summed E-state index contributed by atoms with van der Waals surface area (Å²) in [5.41, 5.74) is 0.627. The Bertz CT molecular complexity index is 933. The number of pyridine rings is 1. The number of hydrogen-bond acceptors (Lipinski definition) is 5. The lowest BCUT2D eigenvalue weighted by Gasteiger charge is -2.42. The number of amides is 2. The number of ether oxygens (including phenoxy) is 2. The molecule has 7 nitrogen and oxygen atoms in total. The third kappa shape index (κ3) is 10.0. The van der Waals surface area contributed by atoms with Crippen LogP contribution in [0.1, 0.15) is 147 Å². The van der Waals surface area contributed by atoms with Crippen LogP contribution in [-0.4, -0.2) is 77.2 Å². The van der Waals surface area contributed by atoms with Crippen LogP contribution < -0.4 is 0 Å². The first kappa shape index (κ1) is 35.3. The smallest absolute Gasteiger partial charge is 0.249 e. The van der Waals surface area contributed by atoms with E-state index in [0.29, 0.717) is 43.8 Å². The van der Waals surface area contributed by atoms with Crippen molar-refractivity contribution in [2.24, 2.45) is 5.41 Å². The van der Waals surface area contributed by atoms with Crippen molar-refractivity contribution in [3.05, 3.63) is 30.1 Å². The molecule has 1 heterocycles. The van der Waals surface area contributed by atoms with Crippen LogP contribution in [-0.2, 0) is 25.5 Å². The molecule has 2 amide bonds. The standard InChI is InChI=1S/C39H63N3O4/c1-2-39(27-32-17-15-16-26-40-32,30-45-28-37(43)41(33-18-7-3-8-19-33)34-20-9-4-10-21-34)31-46-29-38(44)42(35-22-11-5-12-23-35)36-24-13-6-14-25-36/h15-17,26,33-36H,2-14,18-25,27-31H2,1H3. The Morgan fingerprint density at radius 3 is 1.37 bits per heavy atom. The maximum Gasteiger partial charge on any atom is 0.249 e. The van der Waals surface area contributed by atoms with E-state index in [0.717, 1.165) is 63.5 Å². The highest BCUT2D eigenvalue weighted by atomic mass is 16.5. The van der Waals surface area contributed by atoms with Crippen LogP contribution in [0.15, 0.2) is 24.4 Å². The summed E-state index contributed by atoms with van der Waals surface area (Å²) in [7, 11) is 0. The largest absolute Gasteiger partial charge is 0.371 e. The van der Waals surface area contributed by atoms with E-state index in [9.17, 15) is 9.59 Å². The molecule has 0 radical (unpaired) electrons. The van der Waals surface area contributed by atoms with E-state index in [1.54, 1.807) is 0 Å². The second kappa shape index (κ2) is 18.5. The molecule has 4 saturated carbocycles. The molecule has 0 unspecified atom stereocenters. The lowest BCUT2D eigenvalue weighted by atomic mass is 9.82. The Balaban J connectivity index is 1.22. The van der Waals surface area contributed by atoms with Gasteiger partial charge in [0.1, 0.15) is 13.2 Å². The fourth-order valence-electron chi connectivity index (χ4n) is 9.07. The molecule has 1 aromatic rings. The van der Waals surface area contributed by atoms with E-state index in [1.165, 1.54) is 77.0 Å². The van der Waals surface area contributed by atoms with Gasteiger partial charge in [0.15, 0.2) is 0 Å². The average Bonchev–Trinajstić information content (AvgIpc) is 3.11. The minimum Gasteiger partial charge on any atom is -0.371 e. The Morgan fingerprint density at radius 1 is 0.652 bits per heavy atom. The third-order valence-corrected chi connectivity index (χ3v) is 11.7. The summed E-state index contributed by atoms with van der Waals surface area (Å²) >= 11 is 0. The first-order valence-electron chi connectivity index (χ1n) is 19.3. The molecule has 0 atom stereocenters. The molecule has 0 aromatic carbocycles. The molecule has 4 aliphatic carbocycles. The lowest BCUT2D eigenvalue weighted by molar-refractivity contribution is -0.147. The molecule has 0 aliphatic heterocycles. The Hall–Kier alpha value is -1.99. The molecule has 0 saturated heterocycles. The van der Waals surface area contributed by atoms with Crippen molar-refractivity contribution < 1.29 is 19.1 Å². The van der Waals surface area contributed by atoms with Crippen molar-refractivity contribution in [1.82, 2.24) is 14.8 Å². The van der Waals surface area contributed by atoms with Crippen LogP contribution in [0.2, 0.25) is 0 Å². The van der Waals surface area contributed by atoms with Crippen molar-refractivity contribution in [3.8, 4) is 0 Å². The van der Waals surface area contributed by atoms with E-state index in [4.69, 9.17) is 9.47 Å². The fourth-order valence-corrected chi connectivity index (χ4v) is 9.07. The summed E-state index contributed by atoms with van der Waals surface area (Å²) in [5, 5.41) is 0. The molecule has 1 aromatic heterocycles. The molecular formula is C39H63N3O4. The van der Waals surface area contributed by atoms with Gasteiger partial charge < -0.3 is 19.3 Å². The number of hydrogen-bond donors (Lipinski definition) is 0. The topological polar surface area (TPSA) is 72.0 Å². The summed E-state index contributed by atoms with van der Waals surface area (Å²) in [5.74, 6) is 0.321. The molecule has 4 fully saturated rings. The van der Waals surface area contributed by atoms with Crippen molar-refractivity contribution in [3.63, 3.8) is 0 Å². The summed E-state index contributed by atoms with van der Waals surface area (Å²) in [4.78, 5) is 36.9. The first-order valence-corrected chi connectivity index (χ1v) is 19.3. The van der Waals surface area contributed by atoms with E-state index in [2.05, 4.69) is 27.8 Å². The highest BCUT2D eigenvalue weighted by molar-refractivity contribution is 5.78. The second-order valence-electron chi connectivity index (χ2n) is 15.1. The Morgan fingerprint density at radius 2 is 1.04 bits per heavy atom. The normalized spacial score (nSPS) is 21.2. The SMILES string of the molecule is CCC(COCC(=O)N(C1CCCCC1)C1CCCCC1)(COCC(=O)N(C1CCCCC1)C1CCCCC1)Cc1ccccn1. The zero-order valence-corrected chi connectivity index (χ0v) is 29.0. The van der Waals surface area contributed by atoms with Gasteiger partial charge in [0, 0.05) is 41.5 Å². The maximum atomic E-state index is 13.9. The van der Waals surface area contributed by atoms with Gasteiger partial charge >= 0.3 is 0 Å². The predicted molar refractivity (Wildman–Crippen MR) is 183 cm³/mol. The summed E-state index contributed by atoms with van der Waals surface area (Å²) < 4.78 is 12.8. The van der Waals surface area contributed by atoms with Gasteiger partial charge in [-0.25, -0.2) is 0 Å². The highest BCUT2D eigenvalue weighted by Gasteiger charge is 2.36. The molecule has 258 valence electrons. The van der Waals surface area contributed by atoms with Gasteiger partial charge in [-0.2, -0.15) is 0 Å². The summed E-state index contributed by atoms with van der Waals surface area (Å²) in [6.45, 7) is 3.24. The van der Waals surface area contributed by atoms with E-state index < -0.39 is 0 Å². The van der Waals surface area contributed by atoms with Crippen LogP contribution in [0.25, 0.3) is 0 Å². The van der Waals surface area contributed by atoms with Gasteiger partial charge in [0.25, 0.3) is 0 Å². The van der Waals surface area contributed by atoms with Crippen molar-refractivity contribution in [1.29, 1.82) is 0 Å². The van der Waals surface area contributed by atoms with Crippen molar-refractivity contribution >= 4 is 11.8 Å². The fraction of sp³-hybridized carbons (Fsp3) is 0.821. The van der Waals surface area contributed by atoms with Gasteiger partial charge in [-0.15, -0.1) is 0 Å².